The van der Waals surface area contributed by atoms with Crippen LogP contribution in [0.4, 0.5) is 0 Å². The average molecular weight is 347 g/mol. The maximum Gasteiger partial charge on any atom is 0.338 e. The minimum atomic E-state index is -0.410. The van der Waals surface area contributed by atoms with Crippen molar-refractivity contribution in [1.29, 1.82) is 0 Å². The molecule has 0 saturated heterocycles. The molecule has 0 aliphatic carbocycles. The molecule has 1 N–H and O–H groups in total. The normalized spacial score (nSPS) is 10.7. The van der Waals surface area contributed by atoms with Crippen molar-refractivity contribution < 1.29 is 9.53 Å². The number of carbonyl (C=O) groups excluding carboxylic acids is 1. The first kappa shape index (κ1) is 15.6. The zero-order valence-electron chi connectivity index (χ0n) is 12.0. The number of nitrogens with zero attached hydrogens (tertiary/aromatic N) is 1. The Balaban J connectivity index is 1.99. The number of hydrogen-bond acceptors (Lipinski definition) is 3. The van der Waals surface area contributed by atoms with Gasteiger partial charge in [0.2, 0.25) is 0 Å². The number of H-pyrrole nitrogens is 1. The van der Waals surface area contributed by atoms with Gasteiger partial charge in [-0.15, -0.1) is 0 Å². The minimum Gasteiger partial charge on any atom is -0.458 e. The van der Waals surface area contributed by atoms with E-state index >= 15 is 0 Å². The average Bonchev–Trinajstić information content (AvgIpc) is 2.95. The van der Waals surface area contributed by atoms with E-state index in [4.69, 9.17) is 27.9 Å². The zero-order valence-corrected chi connectivity index (χ0v) is 13.5. The van der Waals surface area contributed by atoms with Gasteiger partial charge in [-0.2, -0.15) is 0 Å². The van der Waals surface area contributed by atoms with Crippen LogP contribution in [0.1, 0.15) is 10.4 Å². The fourth-order valence-electron chi connectivity index (χ4n) is 2.16. The molecule has 4 nitrogen and oxygen atoms in total. The molecule has 0 bridgehead atoms. The Morgan fingerprint density at radius 1 is 1.26 bits per heavy atom. The molecule has 0 amide bonds. The van der Waals surface area contributed by atoms with Crippen molar-refractivity contribution in [1.82, 2.24) is 9.97 Å². The molecule has 1 aromatic heterocycles. The van der Waals surface area contributed by atoms with Gasteiger partial charge in [-0.1, -0.05) is 35.9 Å². The van der Waals surface area contributed by atoms with Crippen LogP contribution in [0.2, 0.25) is 10.0 Å². The molecule has 0 radical (unpaired) electrons. The number of hydrogen-bond donors (Lipinski definition) is 1. The molecule has 0 atom stereocenters. The molecule has 0 unspecified atom stereocenters. The minimum absolute atomic E-state index is 0.172. The second-order valence-electron chi connectivity index (χ2n) is 4.83. The number of halogens is 2. The van der Waals surface area contributed by atoms with Crippen LogP contribution in [-0.4, -0.2) is 22.5 Å². The summed E-state index contributed by atoms with van der Waals surface area (Å²) in [5, 5.41) is 1.06. The number of aromatic amines is 1. The lowest BCUT2D eigenvalue weighted by Crippen LogP contribution is -2.04. The van der Waals surface area contributed by atoms with Gasteiger partial charge in [-0.25, -0.2) is 9.78 Å². The Bertz CT molecular complexity index is 903. The summed E-state index contributed by atoms with van der Waals surface area (Å²) >= 11 is 12.1. The first-order valence-corrected chi connectivity index (χ1v) is 7.57. The molecule has 0 saturated carbocycles. The van der Waals surface area contributed by atoms with Crippen molar-refractivity contribution in [2.45, 2.75) is 0 Å². The lowest BCUT2D eigenvalue weighted by molar-refractivity contribution is 0.0550. The molecule has 3 aromatic rings. The summed E-state index contributed by atoms with van der Waals surface area (Å²) in [6, 6.07) is 10.3. The first-order chi connectivity index (χ1) is 11.1. The van der Waals surface area contributed by atoms with Crippen LogP contribution in [0, 0.1) is 0 Å². The van der Waals surface area contributed by atoms with Crippen molar-refractivity contribution in [3.63, 3.8) is 0 Å². The van der Waals surface area contributed by atoms with Crippen LogP contribution >= 0.6 is 23.2 Å². The van der Waals surface area contributed by atoms with Crippen LogP contribution in [0.3, 0.4) is 0 Å². The van der Waals surface area contributed by atoms with Crippen LogP contribution in [-0.2, 0) is 4.74 Å². The molecule has 0 aliphatic heterocycles. The fourth-order valence-corrected chi connectivity index (χ4v) is 2.66. The highest BCUT2D eigenvalue weighted by Crippen LogP contribution is 2.30. The smallest absolute Gasteiger partial charge is 0.338 e. The molecule has 6 heteroatoms. The van der Waals surface area contributed by atoms with Crippen molar-refractivity contribution in [2.24, 2.45) is 0 Å². The monoisotopic (exact) mass is 346 g/mol. The van der Waals surface area contributed by atoms with Gasteiger partial charge in [0.1, 0.15) is 12.4 Å². The van der Waals surface area contributed by atoms with E-state index in [1.54, 1.807) is 36.4 Å². The molecule has 116 valence electrons. The highest BCUT2D eigenvalue weighted by molar-refractivity contribution is 6.36. The van der Waals surface area contributed by atoms with E-state index < -0.39 is 5.97 Å². The van der Waals surface area contributed by atoms with E-state index in [0.29, 0.717) is 21.4 Å². The summed E-state index contributed by atoms with van der Waals surface area (Å²) in [5.41, 5.74) is 2.63. The molecular formula is C17H12Cl2N2O2. The second kappa shape index (κ2) is 6.44. The third kappa shape index (κ3) is 3.23. The van der Waals surface area contributed by atoms with Crippen molar-refractivity contribution in [2.75, 3.05) is 6.61 Å². The summed E-state index contributed by atoms with van der Waals surface area (Å²) in [7, 11) is 0. The lowest BCUT2D eigenvalue weighted by atomic mass is 10.2. The van der Waals surface area contributed by atoms with Crippen LogP contribution in [0.25, 0.3) is 22.4 Å². The summed E-state index contributed by atoms with van der Waals surface area (Å²) in [5.74, 6) is 0.200. The molecule has 0 spiro atoms. The van der Waals surface area contributed by atoms with E-state index in [-0.39, 0.29) is 6.61 Å². The molecular weight excluding hydrogens is 335 g/mol. The van der Waals surface area contributed by atoms with Crippen molar-refractivity contribution in [3.8, 4) is 11.4 Å². The van der Waals surface area contributed by atoms with Gasteiger partial charge in [0.25, 0.3) is 0 Å². The quantitative estimate of drug-likeness (QED) is 0.541. The van der Waals surface area contributed by atoms with Crippen LogP contribution in [0.5, 0.6) is 0 Å². The van der Waals surface area contributed by atoms with E-state index in [9.17, 15) is 4.79 Å². The molecule has 2 aromatic carbocycles. The standard InChI is InChI=1S/C17H12Cl2N2O2/c1-2-7-23-17(22)10-3-6-14-15(8-10)21-16(20-14)12-5-4-11(18)9-13(12)19/h2-6,8-9H,1,7H2,(H,20,21). The van der Waals surface area contributed by atoms with Gasteiger partial charge in [-0.05, 0) is 36.4 Å². The summed E-state index contributed by atoms with van der Waals surface area (Å²) < 4.78 is 5.02. The number of esters is 1. The van der Waals surface area contributed by atoms with Crippen LogP contribution in [0.15, 0.2) is 49.1 Å². The van der Waals surface area contributed by atoms with Gasteiger partial charge >= 0.3 is 5.97 Å². The van der Waals surface area contributed by atoms with Crippen molar-refractivity contribution >= 4 is 40.2 Å². The summed E-state index contributed by atoms with van der Waals surface area (Å²) in [6.45, 7) is 3.68. The number of ether oxygens (including phenoxy) is 1. The van der Waals surface area contributed by atoms with E-state index in [2.05, 4.69) is 16.5 Å². The third-order valence-corrected chi connectivity index (χ3v) is 3.78. The SMILES string of the molecule is C=CCOC(=O)c1ccc2nc(-c3ccc(Cl)cc3Cl)[nH]c2c1. The molecule has 3 rings (SSSR count). The number of benzene rings is 2. The Kier molecular flexibility index (Phi) is 4.37. The van der Waals surface area contributed by atoms with E-state index in [0.717, 1.165) is 16.6 Å². The number of nitrogens with one attached hydrogen (secondary N) is 1. The van der Waals surface area contributed by atoms with Gasteiger partial charge < -0.3 is 9.72 Å². The van der Waals surface area contributed by atoms with E-state index in [1.165, 1.54) is 6.08 Å². The van der Waals surface area contributed by atoms with E-state index in [1.807, 2.05) is 0 Å². The lowest BCUT2D eigenvalue weighted by Gasteiger charge is -2.01. The predicted molar refractivity (Wildman–Crippen MR) is 92.0 cm³/mol. The summed E-state index contributed by atoms with van der Waals surface area (Å²) in [4.78, 5) is 19.5. The molecule has 23 heavy (non-hydrogen) atoms. The maximum absolute atomic E-state index is 11.9. The maximum atomic E-state index is 11.9. The zero-order chi connectivity index (χ0) is 16.4. The molecule has 1 heterocycles. The fraction of sp³-hybridized carbons (Fsp3) is 0.0588. The first-order valence-electron chi connectivity index (χ1n) is 6.81. The highest BCUT2D eigenvalue weighted by Gasteiger charge is 2.12. The van der Waals surface area contributed by atoms with Crippen molar-refractivity contribution in [3.05, 3.63) is 64.7 Å². The summed E-state index contributed by atoms with van der Waals surface area (Å²) in [6.07, 6.45) is 1.52. The molecule has 0 aliphatic rings. The number of rotatable bonds is 4. The van der Waals surface area contributed by atoms with Gasteiger partial charge in [0.15, 0.2) is 0 Å². The second-order valence-corrected chi connectivity index (χ2v) is 5.67. The highest BCUT2D eigenvalue weighted by atomic mass is 35.5. The van der Waals surface area contributed by atoms with Gasteiger partial charge in [-0.3, -0.25) is 0 Å². The number of imidazole rings is 1. The molecule has 0 fully saturated rings. The Hall–Kier alpha value is -2.30. The van der Waals surface area contributed by atoms with Gasteiger partial charge in [0, 0.05) is 10.6 Å². The number of carbonyl (C=O) groups is 1. The topological polar surface area (TPSA) is 55.0 Å². The van der Waals surface area contributed by atoms with Crippen LogP contribution < -0.4 is 0 Å². The Morgan fingerprint density at radius 3 is 2.83 bits per heavy atom. The Labute approximate surface area is 142 Å². The predicted octanol–water partition coefficient (Wildman–Crippen LogP) is 4.88. The number of aromatic nitrogens is 2. The third-order valence-electron chi connectivity index (χ3n) is 3.24. The van der Waals surface area contributed by atoms with Gasteiger partial charge in [0.05, 0.1) is 21.6 Å². The Morgan fingerprint density at radius 2 is 2.09 bits per heavy atom. The number of fused-ring (bicyclic) bond motifs is 1. The largest absolute Gasteiger partial charge is 0.458 e.